The lowest BCUT2D eigenvalue weighted by Crippen LogP contribution is -2.12. The number of hydrogen-bond acceptors (Lipinski definition) is 5. The summed E-state index contributed by atoms with van der Waals surface area (Å²) in [7, 11) is 0. The minimum Gasteiger partial charge on any atom is -0.475 e. The molecule has 2 N–H and O–H groups in total. The molecule has 0 fully saturated rings. The maximum atomic E-state index is 10.9. The zero-order chi connectivity index (χ0) is 14.8. The van der Waals surface area contributed by atoms with Gasteiger partial charge in [0.05, 0.1) is 12.7 Å². The molecule has 0 aliphatic rings. The Bertz CT molecular complexity index is 788. The Hall–Kier alpha value is -2.60. The van der Waals surface area contributed by atoms with Gasteiger partial charge in [-0.1, -0.05) is 6.07 Å². The van der Waals surface area contributed by atoms with Crippen LogP contribution in [0.4, 0.5) is 0 Å². The number of aromatic carboxylic acids is 1. The first kappa shape index (κ1) is 13.4. The van der Waals surface area contributed by atoms with Crippen LogP contribution in [-0.2, 0) is 13.1 Å². The summed E-state index contributed by atoms with van der Waals surface area (Å²) in [5.41, 5.74) is 1.60. The van der Waals surface area contributed by atoms with Crippen molar-refractivity contribution < 1.29 is 18.7 Å². The van der Waals surface area contributed by atoms with E-state index >= 15 is 0 Å². The molecule has 0 spiro atoms. The van der Waals surface area contributed by atoms with E-state index in [2.05, 4.69) is 10.3 Å². The van der Waals surface area contributed by atoms with Crippen molar-refractivity contribution in [1.82, 2.24) is 10.3 Å². The molecule has 0 unspecified atom stereocenters. The molecule has 6 heteroatoms. The zero-order valence-corrected chi connectivity index (χ0v) is 11.4. The number of rotatable bonds is 5. The minimum absolute atomic E-state index is 0.0506. The number of carboxylic acids is 1. The summed E-state index contributed by atoms with van der Waals surface area (Å²) in [5, 5.41) is 12.9. The van der Waals surface area contributed by atoms with Crippen LogP contribution in [0.1, 0.15) is 27.8 Å². The number of furan rings is 1. The number of aromatic nitrogens is 1. The lowest BCUT2D eigenvalue weighted by Gasteiger charge is -2.02. The second-order valence-electron chi connectivity index (χ2n) is 4.76. The van der Waals surface area contributed by atoms with Gasteiger partial charge < -0.3 is 19.3 Å². The average molecular weight is 286 g/mol. The molecule has 0 aliphatic heterocycles. The monoisotopic (exact) mass is 286 g/mol. The number of fused-ring (bicyclic) bond motifs is 1. The van der Waals surface area contributed by atoms with Crippen LogP contribution in [-0.4, -0.2) is 16.1 Å². The number of carboxylic acid groups (broad SMARTS) is 1. The van der Waals surface area contributed by atoms with Crippen LogP contribution in [0.2, 0.25) is 0 Å². The molecule has 21 heavy (non-hydrogen) atoms. The van der Waals surface area contributed by atoms with Gasteiger partial charge in [0, 0.05) is 11.9 Å². The fourth-order valence-electron chi connectivity index (χ4n) is 2.11. The van der Waals surface area contributed by atoms with E-state index in [0.29, 0.717) is 24.6 Å². The summed E-state index contributed by atoms with van der Waals surface area (Å²) in [5.74, 6) is 0.313. The summed E-state index contributed by atoms with van der Waals surface area (Å²) < 4.78 is 10.6. The normalized spacial score (nSPS) is 11.1. The fourth-order valence-corrected chi connectivity index (χ4v) is 2.11. The summed E-state index contributed by atoms with van der Waals surface area (Å²) in [6.45, 7) is 3.02. The fraction of sp³-hybridized carbons (Fsp3) is 0.200. The number of carbonyl (C=O) groups is 1. The lowest BCUT2D eigenvalue weighted by atomic mass is 10.1. The van der Waals surface area contributed by atoms with Crippen LogP contribution in [0.15, 0.2) is 39.3 Å². The van der Waals surface area contributed by atoms with Crippen molar-refractivity contribution in [3.05, 3.63) is 53.4 Å². The van der Waals surface area contributed by atoms with Gasteiger partial charge in [0.2, 0.25) is 11.7 Å². The van der Waals surface area contributed by atoms with Gasteiger partial charge in [-0.3, -0.25) is 0 Å². The van der Waals surface area contributed by atoms with Crippen molar-refractivity contribution >= 4 is 16.9 Å². The molecule has 0 saturated carbocycles. The number of aryl methyl sites for hydroxylation is 1. The Balaban J connectivity index is 1.68. The van der Waals surface area contributed by atoms with E-state index in [9.17, 15) is 4.79 Å². The Morgan fingerprint density at radius 1 is 1.29 bits per heavy atom. The predicted octanol–water partition coefficient (Wildman–Crippen LogP) is 2.72. The van der Waals surface area contributed by atoms with Gasteiger partial charge in [-0.25, -0.2) is 9.78 Å². The Labute approximate surface area is 120 Å². The molecular weight excluding hydrogens is 272 g/mol. The maximum absolute atomic E-state index is 10.9. The summed E-state index contributed by atoms with van der Waals surface area (Å²) in [4.78, 5) is 15.0. The third-order valence-corrected chi connectivity index (χ3v) is 3.07. The van der Waals surface area contributed by atoms with Gasteiger partial charge in [0.15, 0.2) is 0 Å². The third-order valence-electron chi connectivity index (χ3n) is 3.07. The van der Waals surface area contributed by atoms with Crippen molar-refractivity contribution in [3.63, 3.8) is 0 Å². The number of oxazole rings is 1. The number of hydrogen-bond donors (Lipinski definition) is 2. The molecule has 0 saturated heterocycles. The number of nitrogens with zero attached hydrogens (tertiary/aromatic N) is 1. The lowest BCUT2D eigenvalue weighted by molar-refractivity contribution is 0.0665. The minimum atomic E-state index is -1.06. The zero-order valence-electron chi connectivity index (χ0n) is 11.4. The average Bonchev–Trinajstić information content (AvgIpc) is 3.04. The Kier molecular flexibility index (Phi) is 3.45. The summed E-state index contributed by atoms with van der Waals surface area (Å²) in [6, 6.07) is 7.09. The summed E-state index contributed by atoms with van der Waals surface area (Å²) >= 11 is 0. The van der Waals surface area contributed by atoms with Crippen molar-refractivity contribution in [1.29, 1.82) is 0 Å². The largest absolute Gasteiger partial charge is 0.475 e. The van der Waals surface area contributed by atoms with Crippen molar-refractivity contribution in [3.8, 4) is 0 Å². The van der Waals surface area contributed by atoms with Gasteiger partial charge in [-0.2, -0.15) is 0 Å². The van der Waals surface area contributed by atoms with Crippen LogP contribution < -0.4 is 5.32 Å². The highest BCUT2D eigenvalue weighted by molar-refractivity contribution is 5.91. The van der Waals surface area contributed by atoms with Gasteiger partial charge >= 0.3 is 5.97 Å². The van der Waals surface area contributed by atoms with Crippen molar-refractivity contribution in [2.75, 3.05) is 0 Å². The molecule has 2 heterocycles. The second-order valence-corrected chi connectivity index (χ2v) is 4.76. The molecule has 2 aromatic heterocycles. The first-order valence-corrected chi connectivity index (χ1v) is 6.49. The smallest absolute Gasteiger partial charge is 0.371 e. The van der Waals surface area contributed by atoms with Gasteiger partial charge in [0.25, 0.3) is 0 Å². The highest BCUT2D eigenvalue weighted by atomic mass is 16.4. The molecule has 1 aromatic carbocycles. The highest BCUT2D eigenvalue weighted by Crippen LogP contribution is 2.20. The van der Waals surface area contributed by atoms with E-state index < -0.39 is 5.97 Å². The maximum Gasteiger partial charge on any atom is 0.371 e. The SMILES string of the molecule is Cc1cnc(CNCc2ccc3oc(C(=O)O)cc3c2)o1. The Morgan fingerprint density at radius 3 is 2.86 bits per heavy atom. The molecule has 0 bridgehead atoms. The molecule has 0 atom stereocenters. The quantitative estimate of drug-likeness (QED) is 0.749. The van der Waals surface area contributed by atoms with Crippen LogP contribution >= 0.6 is 0 Å². The molecule has 0 amide bonds. The van der Waals surface area contributed by atoms with E-state index in [-0.39, 0.29) is 5.76 Å². The molecule has 0 radical (unpaired) electrons. The first-order chi connectivity index (χ1) is 10.1. The third kappa shape index (κ3) is 2.95. The van der Waals surface area contributed by atoms with Crippen LogP contribution in [0, 0.1) is 6.92 Å². The van der Waals surface area contributed by atoms with Gasteiger partial charge in [0.1, 0.15) is 11.3 Å². The van der Waals surface area contributed by atoms with E-state index in [4.69, 9.17) is 13.9 Å². The van der Waals surface area contributed by atoms with Crippen molar-refractivity contribution in [2.45, 2.75) is 20.0 Å². The Morgan fingerprint density at radius 2 is 2.14 bits per heavy atom. The molecule has 0 aliphatic carbocycles. The van der Waals surface area contributed by atoms with E-state index in [1.807, 2.05) is 19.1 Å². The van der Waals surface area contributed by atoms with Gasteiger partial charge in [-0.05, 0) is 30.7 Å². The van der Waals surface area contributed by atoms with Crippen LogP contribution in [0.5, 0.6) is 0 Å². The molecule has 3 aromatic rings. The van der Waals surface area contributed by atoms with E-state index in [0.717, 1.165) is 16.7 Å². The van der Waals surface area contributed by atoms with Crippen LogP contribution in [0.25, 0.3) is 11.0 Å². The first-order valence-electron chi connectivity index (χ1n) is 6.49. The highest BCUT2D eigenvalue weighted by Gasteiger charge is 2.10. The number of benzene rings is 1. The predicted molar refractivity (Wildman–Crippen MR) is 75.0 cm³/mol. The molecule has 6 nitrogen and oxygen atoms in total. The molecular formula is C15H14N2O4. The van der Waals surface area contributed by atoms with Crippen LogP contribution in [0.3, 0.4) is 0 Å². The topological polar surface area (TPSA) is 88.5 Å². The van der Waals surface area contributed by atoms with Crippen molar-refractivity contribution in [2.24, 2.45) is 0 Å². The number of nitrogens with one attached hydrogen (secondary N) is 1. The van der Waals surface area contributed by atoms with Gasteiger partial charge in [-0.15, -0.1) is 0 Å². The summed E-state index contributed by atoms with van der Waals surface area (Å²) in [6.07, 6.45) is 1.68. The van der Waals surface area contributed by atoms with E-state index in [1.54, 1.807) is 12.3 Å². The molecule has 108 valence electrons. The standard InChI is InChI=1S/C15H14N2O4/c1-9-6-17-14(20-9)8-16-7-10-2-3-12-11(4-10)5-13(21-12)15(18)19/h2-6,16H,7-8H2,1H3,(H,18,19). The van der Waals surface area contributed by atoms with E-state index in [1.165, 1.54) is 6.07 Å². The molecule has 3 rings (SSSR count). The second kappa shape index (κ2) is 5.41.